The molecule has 1 aliphatic heterocycles. The Kier molecular flexibility index (Phi) is 8.52. The molecule has 1 atom stereocenters. The maximum Gasteiger partial charge on any atom is 0.159 e. The van der Waals surface area contributed by atoms with Crippen LogP contribution in [-0.4, -0.2) is 11.7 Å². The van der Waals surface area contributed by atoms with Crippen LogP contribution >= 0.6 is 0 Å². The summed E-state index contributed by atoms with van der Waals surface area (Å²) in [6.07, 6.45) is -0.376. The molecule has 0 saturated heterocycles. The first-order valence-corrected chi connectivity index (χ1v) is 20.0. The summed E-state index contributed by atoms with van der Waals surface area (Å²) in [5.74, 6) is 1.40. The minimum Gasteiger partial charge on any atom is -0.455 e. The van der Waals surface area contributed by atoms with Gasteiger partial charge in [-0.1, -0.05) is 170 Å². The maximum atomic E-state index is 6.93. The lowest BCUT2D eigenvalue weighted by atomic mass is 9.94. The summed E-state index contributed by atoms with van der Waals surface area (Å²) < 4.78 is 6.93. The molecule has 1 aromatic heterocycles. The van der Waals surface area contributed by atoms with Gasteiger partial charge in [0.2, 0.25) is 0 Å². The van der Waals surface area contributed by atoms with Crippen LogP contribution in [0.4, 0.5) is 0 Å². The van der Waals surface area contributed by atoms with Gasteiger partial charge in [0, 0.05) is 27.5 Å². The van der Waals surface area contributed by atoms with Crippen LogP contribution in [0.5, 0.6) is 0 Å². The molecule has 11 rings (SSSR count). The van der Waals surface area contributed by atoms with E-state index < -0.39 is 0 Å². The number of benzene rings is 9. The second-order valence-corrected chi connectivity index (χ2v) is 15.0. The summed E-state index contributed by atoms with van der Waals surface area (Å²) in [5, 5.41) is 8.11. The van der Waals surface area contributed by atoms with Crippen LogP contribution in [0.2, 0.25) is 0 Å². The van der Waals surface area contributed by atoms with Crippen LogP contribution < -0.4 is 5.32 Å². The van der Waals surface area contributed by atoms with E-state index in [2.05, 4.69) is 206 Å². The van der Waals surface area contributed by atoms with Crippen molar-refractivity contribution >= 4 is 44.4 Å². The Hall–Kier alpha value is -7.82. The lowest BCUT2D eigenvalue weighted by Crippen LogP contribution is -2.33. The fourth-order valence-corrected chi connectivity index (χ4v) is 8.34. The van der Waals surface area contributed by atoms with Gasteiger partial charge in [0.25, 0.3) is 0 Å². The van der Waals surface area contributed by atoms with Crippen molar-refractivity contribution in [3.63, 3.8) is 0 Å². The van der Waals surface area contributed by atoms with Gasteiger partial charge in [-0.2, -0.15) is 0 Å². The molecular weight excluding hydrogens is 719 g/mol. The first-order chi connectivity index (χ1) is 29.2. The van der Waals surface area contributed by atoms with E-state index in [0.29, 0.717) is 5.84 Å². The van der Waals surface area contributed by atoms with E-state index in [4.69, 9.17) is 14.4 Å². The highest BCUT2D eigenvalue weighted by Gasteiger charge is 2.26. The zero-order valence-electron chi connectivity index (χ0n) is 32.1. The minimum atomic E-state index is -0.376. The number of fused-ring (bicyclic) bond motifs is 4. The van der Waals surface area contributed by atoms with Crippen LogP contribution in [0.15, 0.2) is 227 Å². The molecule has 10 aromatic rings. The van der Waals surface area contributed by atoms with Gasteiger partial charge in [-0.25, -0.2) is 9.98 Å². The van der Waals surface area contributed by atoms with Crippen LogP contribution in [0.25, 0.3) is 77.2 Å². The van der Waals surface area contributed by atoms with E-state index >= 15 is 0 Å². The third-order valence-corrected chi connectivity index (χ3v) is 11.3. The van der Waals surface area contributed by atoms with Gasteiger partial charge in [0.15, 0.2) is 5.84 Å². The fourth-order valence-electron chi connectivity index (χ4n) is 8.34. The molecular formula is C55H37N3O. The van der Waals surface area contributed by atoms with Crippen LogP contribution in [0.1, 0.15) is 22.9 Å². The molecule has 1 aliphatic rings. The van der Waals surface area contributed by atoms with Crippen molar-refractivity contribution < 1.29 is 4.42 Å². The third kappa shape index (κ3) is 6.47. The van der Waals surface area contributed by atoms with E-state index in [1.165, 1.54) is 11.1 Å². The van der Waals surface area contributed by atoms with E-state index in [0.717, 1.165) is 88.6 Å². The predicted molar refractivity (Wildman–Crippen MR) is 245 cm³/mol. The standard InChI is InChI=1S/C55H37N3O/c1-5-15-36(16-6-1)39-25-27-40(28-26-39)47-29-30-48(51-49-34-42-23-13-14-24-43(42)35-50(49)59-52(47)51)55-57-53(41-21-11-4-12-22-41)56-54(58-55)46-32-44(37-17-7-2-8-18-37)31-45(33-46)38-19-9-3-10-20-38/h1-35,53H,(H,56,57,58). The molecule has 0 amide bonds. The van der Waals surface area contributed by atoms with Gasteiger partial charge in [-0.15, -0.1) is 0 Å². The first-order valence-electron chi connectivity index (χ1n) is 20.0. The molecule has 59 heavy (non-hydrogen) atoms. The summed E-state index contributed by atoms with van der Waals surface area (Å²) in [6.45, 7) is 0. The maximum absolute atomic E-state index is 6.93. The number of hydrogen-bond acceptors (Lipinski definition) is 4. The molecule has 0 spiro atoms. The zero-order valence-corrected chi connectivity index (χ0v) is 32.1. The van der Waals surface area contributed by atoms with Gasteiger partial charge < -0.3 is 9.73 Å². The van der Waals surface area contributed by atoms with E-state index in [-0.39, 0.29) is 6.17 Å². The van der Waals surface area contributed by atoms with E-state index in [1.807, 2.05) is 12.1 Å². The number of rotatable bonds is 7. The summed E-state index contributed by atoms with van der Waals surface area (Å²) in [6, 6.07) is 74.6. The SMILES string of the molecule is c1ccc(-c2ccc(-c3ccc(C4=NC(c5cc(-c6ccccc6)cc(-c6ccccc6)c5)=NC(c5ccccc5)N4)c4c3oc3cc5ccccc5cc34)cc2)cc1. The van der Waals surface area contributed by atoms with Crippen molar-refractivity contribution in [2.75, 3.05) is 0 Å². The van der Waals surface area contributed by atoms with Crippen LogP contribution in [-0.2, 0) is 0 Å². The second kappa shape index (κ2) is 14.6. The minimum absolute atomic E-state index is 0.376. The molecule has 278 valence electrons. The van der Waals surface area contributed by atoms with Gasteiger partial charge in [-0.3, -0.25) is 0 Å². The number of aliphatic imine (C=N–C) groups is 2. The summed E-state index contributed by atoms with van der Waals surface area (Å²) in [5.41, 5.74) is 13.6. The Balaban J connectivity index is 1.12. The Labute approximate surface area is 342 Å². The first kappa shape index (κ1) is 34.4. The van der Waals surface area contributed by atoms with Crippen molar-refractivity contribution in [3.05, 3.63) is 229 Å². The zero-order chi connectivity index (χ0) is 39.1. The normalized spacial score (nSPS) is 13.9. The van der Waals surface area contributed by atoms with Gasteiger partial charge in [0.1, 0.15) is 23.2 Å². The Morgan fingerprint density at radius 1 is 0.407 bits per heavy atom. The Morgan fingerprint density at radius 3 is 1.53 bits per heavy atom. The number of nitrogens with one attached hydrogen (secondary N) is 1. The molecule has 4 nitrogen and oxygen atoms in total. The van der Waals surface area contributed by atoms with Crippen molar-refractivity contribution in [2.24, 2.45) is 9.98 Å². The average Bonchev–Trinajstić information content (AvgIpc) is 3.69. The van der Waals surface area contributed by atoms with E-state index in [1.54, 1.807) is 0 Å². The van der Waals surface area contributed by atoms with Crippen molar-refractivity contribution in [2.45, 2.75) is 6.17 Å². The summed E-state index contributed by atoms with van der Waals surface area (Å²) in [4.78, 5) is 10.8. The average molecular weight is 756 g/mol. The smallest absolute Gasteiger partial charge is 0.159 e. The van der Waals surface area contributed by atoms with Crippen LogP contribution in [0, 0.1) is 0 Å². The molecule has 4 heteroatoms. The summed E-state index contributed by atoms with van der Waals surface area (Å²) in [7, 11) is 0. The quantitative estimate of drug-likeness (QED) is 0.176. The van der Waals surface area contributed by atoms with Crippen molar-refractivity contribution in [3.8, 4) is 44.5 Å². The molecule has 0 fully saturated rings. The highest BCUT2D eigenvalue weighted by Crippen LogP contribution is 2.41. The van der Waals surface area contributed by atoms with Gasteiger partial charge >= 0.3 is 0 Å². The van der Waals surface area contributed by atoms with Crippen molar-refractivity contribution in [1.29, 1.82) is 0 Å². The van der Waals surface area contributed by atoms with Gasteiger partial charge in [0.05, 0.1) is 0 Å². The number of hydrogen-bond donors (Lipinski definition) is 1. The topological polar surface area (TPSA) is 49.9 Å². The third-order valence-electron chi connectivity index (χ3n) is 11.3. The number of amidine groups is 2. The lowest BCUT2D eigenvalue weighted by Gasteiger charge is -2.24. The molecule has 1 unspecified atom stereocenters. The monoisotopic (exact) mass is 755 g/mol. The van der Waals surface area contributed by atoms with E-state index in [9.17, 15) is 0 Å². The molecule has 2 heterocycles. The molecule has 1 N–H and O–H groups in total. The molecule has 9 aromatic carbocycles. The predicted octanol–water partition coefficient (Wildman–Crippen LogP) is 13.9. The Bertz CT molecular complexity index is 3150. The molecule has 0 bridgehead atoms. The van der Waals surface area contributed by atoms with Crippen LogP contribution in [0.3, 0.4) is 0 Å². The second-order valence-electron chi connectivity index (χ2n) is 15.0. The molecule has 0 saturated carbocycles. The lowest BCUT2D eigenvalue weighted by molar-refractivity contribution is 0.669. The highest BCUT2D eigenvalue weighted by atomic mass is 16.3. The summed E-state index contributed by atoms with van der Waals surface area (Å²) >= 11 is 0. The fraction of sp³-hybridized carbons (Fsp3) is 0.0182. The highest BCUT2D eigenvalue weighted by molar-refractivity contribution is 6.24. The molecule has 0 aliphatic carbocycles. The Morgan fingerprint density at radius 2 is 0.898 bits per heavy atom. The van der Waals surface area contributed by atoms with Gasteiger partial charge in [-0.05, 0) is 97.7 Å². The largest absolute Gasteiger partial charge is 0.455 e. The number of furan rings is 1. The van der Waals surface area contributed by atoms with Crippen molar-refractivity contribution in [1.82, 2.24) is 5.32 Å². The molecule has 0 radical (unpaired) electrons. The number of nitrogens with zero attached hydrogens (tertiary/aromatic N) is 2.